The molecule has 25 heavy (non-hydrogen) atoms. The Labute approximate surface area is 147 Å². The van der Waals surface area contributed by atoms with E-state index in [0.717, 1.165) is 31.5 Å². The van der Waals surface area contributed by atoms with Gasteiger partial charge in [0.15, 0.2) is 0 Å². The van der Waals surface area contributed by atoms with E-state index >= 15 is 0 Å². The van der Waals surface area contributed by atoms with Crippen LogP contribution in [0.5, 0.6) is 0 Å². The van der Waals surface area contributed by atoms with Crippen LogP contribution in [0.4, 0.5) is 4.79 Å². The number of cyclic esters (lactones) is 1. The molecule has 2 fully saturated rings. The van der Waals surface area contributed by atoms with E-state index in [1.165, 1.54) is 0 Å². The molecule has 1 aromatic heterocycles. The molecule has 0 radical (unpaired) electrons. The molecule has 0 aromatic carbocycles. The molecule has 0 spiro atoms. The minimum atomic E-state index is -0.429. The molecule has 1 aliphatic carbocycles. The Hall–Kier alpha value is -1.77. The Balaban J connectivity index is 1.58. The fourth-order valence-electron chi connectivity index (χ4n) is 4.00. The summed E-state index contributed by atoms with van der Waals surface area (Å²) in [6.07, 6.45) is 5.51. The first-order valence-corrected chi connectivity index (χ1v) is 9.08. The van der Waals surface area contributed by atoms with Crippen molar-refractivity contribution in [3.63, 3.8) is 0 Å². The topological polar surface area (TPSA) is 97.4 Å². The molecule has 3 N–H and O–H groups in total. The fourth-order valence-corrected chi connectivity index (χ4v) is 4.00. The van der Waals surface area contributed by atoms with Crippen LogP contribution in [0.1, 0.15) is 50.2 Å². The lowest BCUT2D eigenvalue weighted by molar-refractivity contribution is -0.0382. The zero-order chi connectivity index (χ0) is 17.2. The number of nitrogens with one attached hydrogen (secondary N) is 3. The van der Waals surface area contributed by atoms with Crippen molar-refractivity contribution in [2.45, 2.75) is 63.5 Å². The maximum atomic E-state index is 11.8. The third kappa shape index (κ3) is 3.75. The van der Waals surface area contributed by atoms with Gasteiger partial charge in [-0.3, -0.25) is 5.43 Å². The third-order valence-electron chi connectivity index (χ3n) is 5.31. The summed E-state index contributed by atoms with van der Waals surface area (Å²) in [6.45, 7) is 2.75. The maximum Gasteiger partial charge on any atom is 0.407 e. The third-order valence-corrected chi connectivity index (χ3v) is 5.31. The molecule has 2 aliphatic heterocycles. The summed E-state index contributed by atoms with van der Waals surface area (Å²) in [5, 5.41) is 2.77. The first kappa shape index (κ1) is 16.7. The second kappa shape index (κ2) is 7.23. The quantitative estimate of drug-likeness (QED) is 0.649. The molecule has 4 rings (SSSR count). The lowest BCUT2D eigenvalue weighted by atomic mass is 9.80. The van der Waals surface area contributed by atoms with Crippen LogP contribution in [0.15, 0.2) is 12.3 Å². The Morgan fingerprint density at radius 3 is 3.08 bits per heavy atom. The first-order valence-electron chi connectivity index (χ1n) is 9.08. The highest BCUT2D eigenvalue weighted by atomic mass is 16.5. The number of carbonyl (C=O) groups excluding carboxylic acids is 1. The summed E-state index contributed by atoms with van der Waals surface area (Å²) in [5.41, 5.74) is 7.46. The van der Waals surface area contributed by atoms with Gasteiger partial charge in [-0.1, -0.05) is 0 Å². The molecule has 1 amide bonds. The summed E-state index contributed by atoms with van der Waals surface area (Å²) >= 11 is 0. The van der Waals surface area contributed by atoms with E-state index in [9.17, 15) is 4.79 Å². The molecule has 8 heteroatoms. The molecule has 8 nitrogen and oxygen atoms in total. The molecule has 4 bridgehead atoms. The Morgan fingerprint density at radius 2 is 2.16 bits per heavy atom. The molecule has 3 heterocycles. The number of fused-ring (bicyclic) bond motifs is 4. The molecule has 1 saturated carbocycles. The minimum Gasteiger partial charge on any atom is -0.443 e. The monoisotopic (exact) mass is 347 g/mol. The van der Waals surface area contributed by atoms with Crippen LogP contribution in [0.3, 0.4) is 0 Å². The molecule has 4 unspecified atom stereocenters. The van der Waals surface area contributed by atoms with Crippen molar-refractivity contribution < 1.29 is 14.3 Å². The summed E-state index contributed by atoms with van der Waals surface area (Å²) < 4.78 is 11.5. The van der Waals surface area contributed by atoms with Gasteiger partial charge in [-0.2, -0.15) is 0 Å². The van der Waals surface area contributed by atoms with Crippen molar-refractivity contribution in [2.75, 3.05) is 6.54 Å². The van der Waals surface area contributed by atoms with Crippen LogP contribution in [-0.2, 0) is 16.1 Å². The Kier molecular flexibility index (Phi) is 4.82. The molecular weight excluding hydrogens is 322 g/mol. The molecule has 136 valence electrons. The Morgan fingerprint density at radius 1 is 1.24 bits per heavy atom. The highest BCUT2D eigenvalue weighted by Gasteiger charge is 2.42. The van der Waals surface area contributed by atoms with Crippen molar-refractivity contribution in [2.24, 2.45) is 5.92 Å². The minimum absolute atomic E-state index is 0.0469. The average Bonchev–Trinajstić information content (AvgIpc) is 3.03. The van der Waals surface area contributed by atoms with Gasteiger partial charge in [-0.05, 0) is 38.7 Å². The number of aromatic nitrogens is 2. The van der Waals surface area contributed by atoms with E-state index in [2.05, 4.69) is 33.1 Å². The van der Waals surface area contributed by atoms with E-state index < -0.39 is 6.09 Å². The van der Waals surface area contributed by atoms with Crippen LogP contribution in [0.2, 0.25) is 0 Å². The number of rotatable bonds is 0. The van der Waals surface area contributed by atoms with E-state index in [0.29, 0.717) is 24.2 Å². The molecule has 5 atom stereocenters. The van der Waals surface area contributed by atoms with Crippen molar-refractivity contribution >= 4 is 6.09 Å². The van der Waals surface area contributed by atoms with Crippen molar-refractivity contribution in [1.29, 1.82) is 0 Å². The SMILES string of the molecule is C[C@@H]1CCNC(=O)OCc2ccnc(n2)C2NNC3CCC(CC32)O1. The van der Waals surface area contributed by atoms with Crippen molar-refractivity contribution in [3.05, 3.63) is 23.8 Å². The number of carbonyl (C=O) groups is 1. The second-order valence-electron chi connectivity index (χ2n) is 7.12. The van der Waals surface area contributed by atoms with Crippen LogP contribution >= 0.6 is 0 Å². The maximum absolute atomic E-state index is 11.8. The average molecular weight is 347 g/mol. The first-order chi connectivity index (χ1) is 12.2. The van der Waals surface area contributed by atoms with E-state index in [1.807, 2.05) is 0 Å². The van der Waals surface area contributed by atoms with Gasteiger partial charge >= 0.3 is 6.09 Å². The highest BCUT2D eigenvalue weighted by molar-refractivity contribution is 5.67. The molecule has 1 aromatic rings. The summed E-state index contributed by atoms with van der Waals surface area (Å²) in [7, 11) is 0. The van der Waals surface area contributed by atoms with E-state index in [4.69, 9.17) is 9.47 Å². The smallest absolute Gasteiger partial charge is 0.407 e. The number of hydrogen-bond acceptors (Lipinski definition) is 7. The largest absolute Gasteiger partial charge is 0.443 e. The van der Waals surface area contributed by atoms with Crippen molar-refractivity contribution in [1.82, 2.24) is 26.1 Å². The van der Waals surface area contributed by atoms with E-state index in [1.54, 1.807) is 12.3 Å². The van der Waals surface area contributed by atoms with Gasteiger partial charge in [-0.25, -0.2) is 20.2 Å². The zero-order valence-corrected chi connectivity index (χ0v) is 14.4. The lowest BCUT2D eigenvalue weighted by Crippen LogP contribution is -2.38. The lowest BCUT2D eigenvalue weighted by Gasteiger charge is -2.34. The number of ether oxygens (including phenoxy) is 2. The van der Waals surface area contributed by atoms with Crippen molar-refractivity contribution in [3.8, 4) is 0 Å². The predicted octanol–water partition coefficient (Wildman–Crippen LogP) is 1.20. The van der Waals surface area contributed by atoms with Crippen LogP contribution in [-0.4, -0.2) is 40.9 Å². The van der Waals surface area contributed by atoms with Gasteiger partial charge < -0.3 is 14.8 Å². The summed E-state index contributed by atoms with van der Waals surface area (Å²) in [6, 6.07) is 2.25. The van der Waals surface area contributed by atoms with Crippen LogP contribution < -0.4 is 16.2 Å². The zero-order valence-electron chi connectivity index (χ0n) is 14.4. The van der Waals surface area contributed by atoms with E-state index in [-0.39, 0.29) is 24.9 Å². The predicted molar refractivity (Wildman–Crippen MR) is 89.3 cm³/mol. The molecule has 3 aliphatic rings. The molecular formula is C17H25N5O3. The number of hydrogen-bond donors (Lipinski definition) is 3. The number of amides is 1. The number of nitrogens with zero attached hydrogens (tertiary/aromatic N) is 2. The fraction of sp³-hybridized carbons (Fsp3) is 0.706. The van der Waals surface area contributed by atoms with Gasteiger partial charge in [-0.15, -0.1) is 0 Å². The Bertz CT molecular complexity index is 628. The van der Waals surface area contributed by atoms with Gasteiger partial charge in [0, 0.05) is 24.7 Å². The van der Waals surface area contributed by atoms with Crippen LogP contribution in [0.25, 0.3) is 0 Å². The second-order valence-corrected chi connectivity index (χ2v) is 7.12. The van der Waals surface area contributed by atoms with Gasteiger partial charge in [0.25, 0.3) is 0 Å². The van der Waals surface area contributed by atoms with Gasteiger partial charge in [0.1, 0.15) is 12.4 Å². The highest BCUT2D eigenvalue weighted by Crippen LogP contribution is 2.38. The van der Waals surface area contributed by atoms with Gasteiger partial charge in [0.05, 0.1) is 23.9 Å². The number of alkyl carbamates (subject to hydrolysis) is 1. The van der Waals surface area contributed by atoms with Crippen LogP contribution in [0, 0.1) is 5.92 Å². The number of hydrazine groups is 1. The summed E-state index contributed by atoms with van der Waals surface area (Å²) in [5.74, 6) is 1.14. The summed E-state index contributed by atoms with van der Waals surface area (Å²) in [4.78, 5) is 20.8. The standard InChI is InChI=1S/C17H25N5O3/c1-10-4-6-19-17(23)24-9-11-5-7-18-16(20-11)15-13-8-12(25-10)2-3-14(13)21-22-15/h5,7,10,12-15,21-22H,2-4,6,8-9H2,1H3,(H,19,23)/t10-,12?,13?,14?,15?/m1/s1. The van der Waals surface area contributed by atoms with Gasteiger partial charge in [0.2, 0.25) is 0 Å². The molecule has 1 saturated heterocycles. The normalized spacial score (nSPS) is 35.9.